The number of ether oxygens (including phenoxy) is 1. The van der Waals surface area contributed by atoms with Gasteiger partial charge in [-0.15, -0.1) is 0 Å². The van der Waals surface area contributed by atoms with E-state index in [1.807, 2.05) is 0 Å². The summed E-state index contributed by atoms with van der Waals surface area (Å²) < 4.78 is 5.62. The molecule has 1 aromatic rings. The Morgan fingerprint density at radius 2 is 2.07 bits per heavy atom. The maximum absolute atomic E-state index is 10.6. The molecule has 2 nitrogen and oxygen atoms in total. The molecule has 1 aromatic carbocycles. The van der Waals surface area contributed by atoms with E-state index in [-0.39, 0.29) is 12.2 Å². The van der Waals surface area contributed by atoms with Crippen molar-refractivity contribution >= 4 is 6.29 Å². The summed E-state index contributed by atoms with van der Waals surface area (Å²) in [5, 5.41) is 0. The molecule has 0 spiro atoms. The van der Waals surface area contributed by atoms with Crippen LogP contribution in [0.4, 0.5) is 0 Å². The van der Waals surface area contributed by atoms with E-state index in [2.05, 4.69) is 32.0 Å². The fourth-order valence-corrected chi connectivity index (χ4v) is 1.97. The fourth-order valence-electron chi connectivity index (χ4n) is 1.97. The van der Waals surface area contributed by atoms with Gasteiger partial charge in [-0.3, -0.25) is 0 Å². The number of benzene rings is 1. The van der Waals surface area contributed by atoms with Gasteiger partial charge in [-0.05, 0) is 43.4 Å². The average molecular weight is 204 g/mol. The van der Waals surface area contributed by atoms with Gasteiger partial charge in [0.05, 0.1) is 6.10 Å². The molecule has 0 aromatic heterocycles. The summed E-state index contributed by atoms with van der Waals surface area (Å²) in [4.78, 5) is 10.6. The minimum atomic E-state index is -0.198. The van der Waals surface area contributed by atoms with Crippen molar-refractivity contribution in [3.05, 3.63) is 34.9 Å². The molecule has 2 unspecified atom stereocenters. The molecule has 0 amide bonds. The van der Waals surface area contributed by atoms with Crippen LogP contribution in [0.3, 0.4) is 0 Å². The molecule has 2 heteroatoms. The number of carbonyl (C=O) groups is 1. The Bertz CT molecular complexity index is 371. The third kappa shape index (κ3) is 2.10. The van der Waals surface area contributed by atoms with Crippen LogP contribution in [0.2, 0.25) is 0 Å². The van der Waals surface area contributed by atoms with Gasteiger partial charge in [0.15, 0.2) is 0 Å². The first-order chi connectivity index (χ1) is 7.20. The summed E-state index contributed by atoms with van der Waals surface area (Å²) in [5.74, 6) is 0. The van der Waals surface area contributed by atoms with Gasteiger partial charge in [0.2, 0.25) is 0 Å². The zero-order valence-electron chi connectivity index (χ0n) is 9.19. The van der Waals surface area contributed by atoms with Crippen LogP contribution in [0, 0.1) is 13.8 Å². The molecule has 0 aliphatic carbocycles. The van der Waals surface area contributed by atoms with Crippen LogP contribution in [0.15, 0.2) is 18.2 Å². The Hall–Kier alpha value is -1.15. The van der Waals surface area contributed by atoms with Gasteiger partial charge in [0, 0.05) is 0 Å². The lowest BCUT2D eigenvalue weighted by Gasteiger charge is -2.12. The van der Waals surface area contributed by atoms with Gasteiger partial charge >= 0.3 is 0 Å². The fraction of sp³-hybridized carbons (Fsp3) is 0.462. The van der Waals surface area contributed by atoms with Crippen LogP contribution in [0.25, 0.3) is 0 Å². The zero-order chi connectivity index (χ0) is 10.8. The predicted octanol–water partition coefficient (Wildman–Crippen LogP) is 2.72. The standard InChI is InChI=1S/C13H16O2/c1-9-3-4-11(7-10(9)2)13-6-5-12(8-14)15-13/h3-4,7-8,12-13H,5-6H2,1-2H3. The molecule has 0 bridgehead atoms. The van der Waals surface area contributed by atoms with E-state index in [1.54, 1.807) is 0 Å². The lowest BCUT2D eigenvalue weighted by atomic mass is 10.0. The van der Waals surface area contributed by atoms with E-state index in [0.29, 0.717) is 0 Å². The minimum Gasteiger partial charge on any atom is -0.363 e. The summed E-state index contributed by atoms with van der Waals surface area (Å²) in [5.41, 5.74) is 3.77. The first-order valence-corrected chi connectivity index (χ1v) is 5.38. The van der Waals surface area contributed by atoms with Gasteiger partial charge in [-0.2, -0.15) is 0 Å². The van der Waals surface area contributed by atoms with E-state index >= 15 is 0 Å². The average Bonchev–Trinajstić information content (AvgIpc) is 2.70. The Balaban J connectivity index is 2.17. The topological polar surface area (TPSA) is 26.3 Å². The van der Waals surface area contributed by atoms with Crippen LogP contribution < -0.4 is 0 Å². The van der Waals surface area contributed by atoms with Crippen molar-refractivity contribution in [1.29, 1.82) is 0 Å². The first-order valence-electron chi connectivity index (χ1n) is 5.38. The molecule has 15 heavy (non-hydrogen) atoms. The first kappa shape index (κ1) is 10.4. The number of aryl methyl sites for hydroxylation is 2. The van der Waals surface area contributed by atoms with Crippen LogP contribution in [-0.2, 0) is 9.53 Å². The van der Waals surface area contributed by atoms with E-state index in [4.69, 9.17) is 4.74 Å². The molecular weight excluding hydrogens is 188 g/mol. The van der Waals surface area contributed by atoms with Gasteiger partial charge in [0.25, 0.3) is 0 Å². The Morgan fingerprint density at radius 1 is 1.27 bits per heavy atom. The zero-order valence-corrected chi connectivity index (χ0v) is 9.19. The molecule has 0 saturated carbocycles. The highest BCUT2D eigenvalue weighted by Crippen LogP contribution is 2.32. The molecule has 1 aliphatic rings. The van der Waals surface area contributed by atoms with Crippen LogP contribution in [-0.4, -0.2) is 12.4 Å². The molecule has 2 atom stereocenters. The summed E-state index contributed by atoms with van der Waals surface area (Å²) in [6.07, 6.45) is 2.62. The molecule has 1 heterocycles. The normalized spacial score (nSPS) is 25.5. The molecule has 80 valence electrons. The van der Waals surface area contributed by atoms with Gasteiger partial charge in [-0.25, -0.2) is 0 Å². The largest absolute Gasteiger partial charge is 0.363 e. The smallest absolute Gasteiger partial charge is 0.148 e. The molecule has 1 saturated heterocycles. The summed E-state index contributed by atoms with van der Waals surface area (Å²) in [6.45, 7) is 4.20. The molecule has 1 fully saturated rings. The molecular formula is C13H16O2. The molecule has 1 aliphatic heterocycles. The SMILES string of the molecule is Cc1ccc(C2CCC(C=O)O2)cc1C. The Labute approximate surface area is 90.3 Å². The van der Waals surface area contributed by atoms with Crippen LogP contribution in [0.5, 0.6) is 0 Å². The van der Waals surface area contributed by atoms with E-state index in [9.17, 15) is 4.79 Å². The summed E-state index contributed by atoms with van der Waals surface area (Å²) >= 11 is 0. The second kappa shape index (κ2) is 4.15. The molecule has 0 N–H and O–H groups in total. The third-order valence-electron chi connectivity index (χ3n) is 3.11. The summed E-state index contributed by atoms with van der Waals surface area (Å²) in [6, 6.07) is 6.37. The Kier molecular flexibility index (Phi) is 2.87. The highest BCUT2D eigenvalue weighted by Gasteiger charge is 2.25. The molecule has 0 radical (unpaired) electrons. The van der Waals surface area contributed by atoms with Gasteiger partial charge < -0.3 is 9.53 Å². The van der Waals surface area contributed by atoms with Gasteiger partial charge in [-0.1, -0.05) is 18.2 Å². The number of hydrogen-bond acceptors (Lipinski definition) is 2. The number of hydrogen-bond donors (Lipinski definition) is 0. The van der Waals surface area contributed by atoms with Crippen molar-refractivity contribution in [2.75, 3.05) is 0 Å². The second-order valence-corrected chi connectivity index (χ2v) is 4.22. The second-order valence-electron chi connectivity index (χ2n) is 4.22. The number of rotatable bonds is 2. The minimum absolute atomic E-state index is 0.111. The lowest BCUT2D eigenvalue weighted by molar-refractivity contribution is -0.117. The monoisotopic (exact) mass is 204 g/mol. The highest BCUT2D eigenvalue weighted by molar-refractivity contribution is 5.56. The highest BCUT2D eigenvalue weighted by atomic mass is 16.5. The lowest BCUT2D eigenvalue weighted by Crippen LogP contribution is -2.07. The van der Waals surface area contributed by atoms with Crippen molar-refractivity contribution < 1.29 is 9.53 Å². The summed E-state index contributed by atoms with van der Waals surface area (Å²) in [7, 11) is 0. The third-order valence-corrected chi connectivity index (χ3v) is 3.11. The van der Waals surface area contributed by atoms with Gasteiger partial charge in [0.1, 0.15) is 12.4 Å². The van der Waals surface area contributed by atoms with E-state index < -0.39 is 0 Å². The van der Waals surface area contributed by atoms with Crippen molar-refractivity contribution in [2.45, 2.75) is 38.9 Å². The number of aldehydes is 1. The van der Waals surface area contributed by atoms with Crippen molar-refractivity contribution in [2.24, 2.45) is 0 Å². The van der Waals surface area contributed by atoms with Crippen LogP contribution in [0.1, 0.15) is 35.6 Å². The number of carbonyl (C=O) groups excluding carboxylic acids is 1. The van der Waals surface area contributed by atoms with Crippen molar-refractivity contribution in [1.82, 2.24) is 0 Å². The maximum Gasteiger partial charge on any atom is 0.148 e. The molecule has 2 rings (SSSR count). The predicted molar refractivity (Wildman–Crippen MR) is 58.8 cm³/mol. The van der Waals surface area contributed by atoms with Crippen molar-refractivity contribution in [3.8, 4) is 0 Å². The van der Waals surface area contributed by atoms with Crippen molar-refractivity contribution in [3.63, 3.8) is 0 Å². The quantitative estimate of drug-likeness (QED) is 0.692. The van der Waals surface area contributed by atoms with E-state index in [1.165, 1.54) is 16.7 Å². The Morgan fingerprint density at radius 3 is 2.67 bits per heavy atom. The van der Waals surface area contributed by atoms with Crippen LogP contribution >= 0.6 is 0 Å². The van der Waals surface area contributed by atoms with E-state index in [0.717, 1.165) is 19.1 Å². The maximum atomic E-state index is 10.6.